The summed E-state index contributed by atoms with van der Waals surface area (Å²) >= 11 is 5.44. The first-order valence-electron chi connectivity index (χ1n) is 6.55. The second-order valence-corrected chi connectivity index (χ2v) is 6.45. The first-order valence-corrected chi connectivity index (χ1v) is 8.23. The summed E-state index contributed by atoms with van der Waals surface area (Å²) in [5.41, 5.74) is 0. The van der Waals surface area contributed by atoms with E-state index >= 15 is 0 Å². The maximum Gasteiger partial charge on any atom is 0.0635 e. The van der Waals surface area contributed by atoms with Gasteiger partial charge in [0.25, 0.3) is 0 Å². The minimum absolute atomic E-state index is 0.499. The van der Waals surface area contributed by atoms with Gasteiger partial charge in [-0.2, -0.15) is 0 Å². The van der Waals surface area contributed by atoms with Crippen molar-refractivity contribution in [1.29, 1.82) is 0 Å². The molecule has 2 heterocycles. The summed E-state index contributed by atoms with van der Waals surface area (Å²) < 4.78 is 6.84. The van der Waals surface area contributed by atoms with Crippen molar-refractivity contribution in [1.82, 2.24) is 10.2 Å². The number of thiophene rings is 1. The number of halogens is 1. The monoisotopic (exact) mass is 332 g/mol. The van der Waals surface area contributed by atoms with Gasteiger partial charge in [0.1, 0.15) is 0 Å². The van der Waals surface area contributed by atoms with Gasteiger partial charge in [0.2, 0.25) is 0 Å². The fraction of sp³-hybridized carbons (Fsp3) is 0.692. The number of hydrogen-bond donors (Lipinski definition) is 1. The fourth-order valence-electron chi connectivity index (χ4n) is 2.15. The van der Waals surface area contributed by atoms with Gasteiger partial charge in [-0.15, -0.1) is 11.3 Å². The highest BCUT2D eigenvalue weighted by Crippen LogP contribution is 2.25. The normalized spacial score (nSPS) is 21.3. The number of ether oxygens (including phenoxy) is 1. The van der Waals surface area contributed by atoms with E-state index < -0.39 is 0 Å². The van der Waals surface area contributed by atoms with Crippen LogP contribution in [0.2, 0.25) is 0 Å². The van der Waals surface area contributed by atoms with E-state index in [4.69, 9.17) is 4.74 Å². The van der Waals surface area contributed by atoms with Crippen molar-refractivity contribution in [2.75, 3.05) is 32.8 Å². The third kappa shape index (κ3) is 4.03. The van der Waals surface area contributed by atoms with Crippen molar-refractivity contribution in [3.63, 3.8) is 0 Å². The molecular weight excluding hydrogens is 312 g/mol. The van der Waals surface area contributed by atoms with Crippen LogP contribution in [-0.2, 0) is 11.3 Å². The molecule has 1 N–H and O–H groups in total. The first-order chi connectivity index (χ1) is 8.81. The topological polar surface area (TPSA) is 24.5 Å². The van der Waals surface area contributed by atoms with E-state index in [1.54, 1.807) is 0 Å². The molecule has 0 amide bonds. The van der Waals surface area contributed by atoms with Crippen molar-refractivity contribution in [3.05, 3.63) is 20.8 Å². The van der Waals surface area contributed by atoms with Gasteiger partial charge in [-0.3, -0.25) is 4.90 Å². The van der Waals surface area contributed by atoms with Crippen LogP contribution in [0.5, 0.6) is 0 Å². The Bertz CT molecular complexity index is 359. The molecule has 1 aliphatic rings. The van der Waals surface area contributed by atoms with Crippen molar-refractivity contribution in [2.45, 2.75) is 25.9 Å². The Balaban J connectivity index is 1.89. The van der Waals surface area contributed by atoms with Gasteiger partial charge >= 0.3 is 0 Å². The molecule has 0 spiro atoms. The number of nitrogens with one attached hydrogen (secondary N) is 1. The Morgan fingerprint density at radius 3 is 3.22 bits per heavy atom. The molecule has 1 aliphatic heterocycles. The Morgan fingerprint density at radius 2 is 2.50 bits per heavy atom. The van der Waals surface area contributed by atoms with E-state index in [0.29, 0.717) is 6.04 Å². The van der Waals surface area contributed by atoms with E-state index in [1.807, 2.05) is 11.3 Å². The minimum atomic E-state index is 0.499. The highest BCUT2D eigenvalue weighted by molar-refractivity contribution is 9.10. The molecule has 0 aliphatic carbocycles. The van der Waals surface area contributed by atoms with Gasteiger partial charge in [0, 0.05) is 35.0 Å². The van der Waals surface area contributed by atoms with Crippen molar-refractivity contribution >= 4 is 27.3 Å². The maximum absolute atomic E-state index is 5.60. The molecule has 1 unspecified atom stereocenters. The molecule has 1 aromatic heterocycles. The minimum Gasteiger partial charge on any atom is -0.378 e. The van der Waals surface area contributed by atoms with Crippen molar-refractivity contribution in [3.8, 4) is 0 Å². The maximum atomic E-state index is 5.60. The molecule has 2 rings (SSSR count). The zero-order chi connectivity index (χ0) is 12.8. The molecule has 0 saturated carbocycles. The lowest BCUT2D eigenvalue weighted by atomic mass is 10.2. The zero-order valence-electron chi connectivity index (χ0n) is 10.8. The lowest BCUT2D eigenvalue weighted by Crippen LogP contribution is -2.49. The SMILES string of the molecule is CCCNCC1COCCN1Cc1sccc1Br. The van der Waals surface area contributed by atoms with Gasteiger partial charge in [0.05, 0.1) is 13.2 Å². The first kappa shape index (κ1) is 14.5. The molecule has 1 atom stereocenters. The van der Waals surface area contributed by atoms with Crippen LogP contribution in [0.15, 0.2) is 15.9 Å². The van der Waals surface area contributed by atoms with Gasteiger partial charge < -0.3 is 10.1 Å². The summed E-state index contributed by atoms with van der Waals surface area (Å²) in [5.74, 6) is 0. The van der Waals surface area contributed by atoms with Crippen LogP contribution in [0.25, 0.3) is 0 Å². The Morgan fingerprint density at radius 1 is 1.61 bits per heavy atom. The van der Waals surface area contributed by atoms with Crippen LogP contribution >= 0.6 is 27.3 Å². The van der Waals surface area contributed by atoms with Crippen molar-refractivity contribution < 1.29 is 4.74 Å². The Kier molecular flexibility index (Phi) is 6.11. The molecule has 1 aromatic rings. The number of nitrogens with zero attached hydrogens (tertiary/aromatic N) is 1. The largest absolute Gasteiger partial charge is 0.378 e. The van der Waals surface area contributed by atoms with Crippen LogP contribution < -0.4 is 5.32 Å². The zero-order valence-corrected chi connectivity index (χ0v) is 13.2. The molecule has 0 bridgehead atoms. The molecule has 1 saturated heterocycles. The second kappa shape index (κ2) is 7.60. The third-order valence-corrected chi connectivity index (χ3v) is 5.11. The summed E-state index contributed by atoms with van der Waals surface area (Å²) in [6, 6.07) is 2.63. The molecule has 5 heteroatoms. The van der Waals surface area contributed by atoms with Gasteiger partial charge in [-0.05, 0) is 40.3 Å². The molecular formula is C13H21BrN2OS. The predicted molar refractivity (Wildman–Crippen MR) is 80.2 cm³/mol. The lowest BCUT2D eigenvalue weighted by molar-refractivity contribution is -0.0105. The molecule has 3 nitrogen and oxygen atoms in total. The van der Waals surface area contributed by atoms with E-state index in [-0.39, 0.29) is 0 Å². The summed E-state index contributed by atoms with van der Waals surface area (Å²) in [7, 11) is 0. The van der Waals surface area contributed by atoms with Crippen LogP contribution in [-0.4, -0.2) is 43.8 Å². The van der Waals surface area contributed by atoms with E-state index in [2.05, 4.69) is 44.5 Å². The average Bonchev–Trinajstić information content (AvgIpc) is 2.78. The summed E-state index contributed by atoms with van der Waals surface area (Å²) in [4.78, 5) is 3.94. The van der Waals surface area contributed by atoms with Crippen LogP contribution in [0.3, 0.4) is 0 Å². The van der Waals surface area contributed by atoms with Crippen LogP contribution in [0.1, 0.15) is 18.2 Å². The number of morpholine rings is 1. The highest BCUT2D eigenvalue weighted by atomic mass is 79.9. The number of hydrogen-bond acceptors (Lipinski definition) is 4. The lowest BCUT2D eigenvalue weighted by Gasteiger charge is -2.35. The van der Waals surface area contributed by atoms with Gasteiger partial charge in [-0.25, -0.2) is 0 Å². The van der Waals surface area contributed by atoms with Crippen molar-refractivity contribution in [2.24, 2.45) is 0 Å². The second-order valence-electron chi connectivity index (χ2n) is 4.60. The third-order valence-electron chi connectivity index (χ3n) is 3.19. The Hall–Kier alpha value is 0.0600. The molecule has 0 radical (unpaired) electrons. The van der Waals surface area contributed by atoms with Gasteiger partial charge in [-0.1, -0.05) is 6.92 Å². The van der Waals surface area contributed by atoms with E-state index in [1.165, 1.54) is 15.8 Å². The molecule has 102 valence electrons. The standard InChI is InChI=1S/C13H21BrN2OS/c1-2-4-15-8-11-10-17-6-5-16(11)9-13-12(14)3-7-18-13/h3,7,11,15H,2,4-6,8-10H2,1H3. The Labute approximate surface area is 122 Å². The van der Waals surface area contributed by atoms with Gasteiger partial charge in [0.15, 0.2) is 0 Å². The summed E-state index contributed by atoms with van der Waals surface area (Å²) in [6.45, 7) is 8.07. The molecule has 1 fully saturated rings. The highest BCUT2D eigenvalue weighted by Gasteiger charge is 2.23. The predicted octanol–water partition coefficient (Wildman–Crippen LogP) is 2.71. The smallest absolute Gasteiger partial charge is 0.0635 e. The fourth-order valence-corrected chi connectivity index (χ4v) is 3.66. The van der Waals surface area contributed by atoms with Crippen LogP contribution in [0, 0.1) is 0 Å². The molecule has 0 aromatic carbocycles. The summed E-state index contributed by atoms with van der Waals surface area (Å²) in [5, 5.41) is 5.64. The van der Waals surface area contributed by atoms with E-state index in [0.717, 1.165) is 39.4 Å². The average molecular weight is 333 g/mol. The summed E-state index contributed by atoms with van der Waals surface area (Å²) in [6.07, 6.45) is 1.18. The quantitative estimate of drug-likeness (QED) is 0.810. The van der Waals surface area contributed by atoms with E-state index in [9.17, 15) is 0 Å². The van der Waals surface area contributed by atoms with Crippen LogP contribution in [0.4, 0.5) is 0 Å². The number of rotatable bonds is 6. The molecule has 18 heavy (non-hydrogen) atoms.